The predicted octanol–water partition coefficient (Wildman–Crippen LogP) is 2.31. The smallest absolute Gasteiger partial charge is 0.338 e. The lowest BCUT2D eigenvalue weighted by Gasteiger charge is -2.38. The van der Waals surface area contributed by atoms with Crippen molar-refractivity contribution < 1.29 is 23.9 Å². The molecule has 1 atom stereocenters. The summed E-state index contributed by atoms with van der Waals surface area (Å²) >= 11 is 0. The minimum absolute atomic E-state index is 0.0377. The lowest BCUT2D eigenvalue weighted by molar-refractivity contribution is -0.136. The van der Waals surface area contributed by atoms with E-state index in [9.17, 15) is 14.4 Å². The minimum atomic E-state index is -0.698. The number of amides is 3. The molecule has 0 aliphatic carbocycles. The third-order valence-corrected chi connectivity index (χ3v) is 6.58. The molecule has 3 aliphatic heterocycles. The van der Waals surface area contributed by atoms with E-state index in [0.717, 1.165) is 5.69 Å². The number of benzene rings is 2. The van der Waals surface area contributed by atoms with Crippen molar-refractivity contribution in [2.75, 3.05) is 50.8 Å². The number of para-hydroxylation sites is 2. The van der Waals surface area contributed by atoms with E-state index < -0.39 is 18.0 Å². The first-order valence-corrected chi connectivity index (χ1v) is 11.8. The molecule has 9 heteroatoms. The van der Waals surface area contributed by atoms with Gasteiger partial charge in [0.2, 0.25) is 5.91 Å². The Morgan fingerprint density at radius 1 is 1.03 bits per heavy atom. The van der Waals surface area contributed by atoms with Crippen molar-refractivity contribution in [2.24, 2.45) is 0 Å². The summed E-state index contributed by atoms with van der Waals surface area (Å²) in [4.78, 5) is 44.3. The summed E-state index contributed by atoms with van der Waals surface area (Å²) in [7, 11) is 0. The molecule has 0 unspecified atom stereocenters. The van der Waals surface area contributed by atoms with Gasteiger partial charge < -0.3 is 24.6 Å². The van der Waals surface area contributed by atoms with E-state index in [4.69, 9.17) is 9.47 Å². The molecule has 3 aliphatic rings. The standard InChI is InChI=1S/C26H28N4O5/c1-2-34-21-11-7-6-10-19(21)24-23-20(17-35-25(23)32)30(26(33)27-24)16-22(31)29-14-12-28(13-15-29)18-8-4-3-5-9-18/h3-11,24H,2,12-17H2,1H3,(H,27,33)/t24-/m1/s1. The van der Waals surface area contributed by atoms with Crippen molar-refractivity contribution >= 4 is 23.6 Å². The van der Waals surface area contributed by atoms with Crippen LogP contribution in [0.25, 0.3) is 0 Å². The van der Waals surface area contributed by atoms with Gasteiger partial charge in [0, 0.05) is 37.4 Å². The molecule has 0 saturated carbocycles. The molecule has 1 N–H and O–H groups in total. The van der Waals surface area contributed by atoms with Crippen molar-refractivity contribution in [2.45, 2.75) is 13.0 Å². The van der Waals surface area contributed by atoms with Crippen LogP contribution in [0.2, 0.25) is 0 Å². The number of cyclic esters (lactones) is 1. The first-order chi connectivity index (χ1) is 17.1. The topological polar surface area (TPSA) is 91.4 Å². The molecule has 0 spiro atoms. The summed E-state index contributed by atoms with van der Waals surface area (Å²) in [5.41, 5.74) is 2.59. The second kappa shape index (κ2) is 9.69. The Morgan fingerprint density at radius 2 is 1.74 bits per heavy atom. The van der Waals surface area contributed by atoms with Crippen LogP contribution in [0.5, 0.6) is 5.75 Å². The van der Waals surface area contributed by atoms with Gasteiger partial charge in [0.15, 0.2) is 0 Å². The van der Waals surface area contributed by atoms with Crippen LogP contribution < -0.4 is 15.0 Å². The molecule has 182 valence electrons. The molecule has 3 heterocycles. The number of ether oxygens (including phenoxy) is 2. The van der Waals surface area contributed by atoms with Gasteiger partial charge in [0.25, 0.3) is 0 Å². The van der Waals surface area contributed by atoms with E-state index in [1.165, 1.54) is 4.90 Å². The molecule has 0 bridgehead atoms. The second-order valence-corrected chi connectivity index (χ2v) is 8.58. The van der Waals surface area contributed by atoms with E-state index >= 15 is 0 Å². The Labute approximate surface area is 203 Å². The van der Waals surface area contributed by atoms with Crippen molar-refractivity contribution in [3.05, 3.63) is 71.4 Å². The monoisotopic (exact) mass is 476 g/mol. The van der Waals surface area contributed by atoms with Gasteiger partial charge in [0.1, 0.15) is 18.9 Å². The number of piperazine rings is 1. The number of esters is 1. The maximum atomic E-state index is 13.1. The largest absolute Gasteiger partial charge is 0.494 e. The summed E-state index contributed by atoms with van der Waals surface area (Å²) in [5.74, 6) is -0.0647. The fourth-order valence-electron chi connectivity index (χ4n) is 4.81. The minimum Gasteiger partial charge on any atom is -0.494 e. The van der Waals surface area contributed by atoms with Crippen LogP contribution in [0.15, 0.2) is 65.9 Å². The van der Waals surface area contributed by atoms with E-state index in [2.05, 4.69) is 22.3 Å². The molecule has 2 aromatic carbocycles. The van der Waals surface area contributed by atoms with Gasteiger partial charge in [-0.1, -0.05) is 36.4 Å². The highest BCUT2D eigenvalue weighted by Gasteiger charge is 2.44. The molecule has 2 aromatic rings. The quantitative estimate of drug-likeness (QED) is 0.644. The van der Waals surface area contributed by atoms with Crippen molar-refractivity contribution in [3.63, 3.8) is 0 Å². The number of carbonyl (C=O) groups is 3. The van der Waals surface area contributed by atoms with Crippen LogP contribution >= 0.6 is 0 Å². The average Bonchev–Trinajstić information content (AvgIpc) is 3.28. The molecule has 9 nitrogen and oxygen atoms in total. The van der Waals surface area contributed by atoms with E-state index in [0.29, 0.717) is 55.4 Å². The number of anilines is 1. The van der Waals surface area contributed by atoms with Gasteiger partial charge in [-0.3, -0.25) is 9.69 Å². The second-order valence-electron chi connectivity index (χ2n) is 8.58. The number of urea groups is 1. The van der Waals surface area contributed by atoms with Crippen LogP contribution in [0.3, 0.4) is 0 Å². The molecular weight excluding hydrogens is 448 g/mol. The third kappa shape index (κ3) is 4.41. The summed E-state index contributed by atoms with van der Waals surface area (Å²) in [5, 5.41) is 2.89. The van der Waals surface area contributed by atoms with Crippen LogP contribution in [-0.2, 0) is 14.3 Å². The molecule has 3 amide bonds. The maximum absolute atomic E-state index is 13.1. The zero-order valence-electron chi connectivity index (χ0n) is 19.6. The van der Waals surface area contributed by atoms with E-state index in [-0.39, 0.29) is 19.1 Å². The Bertz CT molecular complexity index is 1160. The van der Waals surface area contributed by atoms with Crippen LogP contribution in [0.1, 0.15) is 18.5 Å². The van der Waals surface area contributed by atoms with Gasteiger partial charge in [-0.15, -0.1) is 0 Å². The van der Waals surface area contributed by atoms with Crippen molar-refractivity contribution in [3.8, 4) is 5.75 Å². The summed E-state index contributed by atoms with van der Waals surface area (Å²) in [6.45, 7) is 4.70. The molecule has 1 fully saturated rings. The molecule has 0 aromatic heterocycles. The molecule has 35 heavy (non-hydrogen) atoms. The number of nitrogens with one attached hydrogen (secondary N) is 1. The predicted molar refractivity (Wildman–Crippen MR) is 129 cm³/mol. The average molecular weight is 477 g/mol. The van der Waals surface area contributed by atoms with Crippen LogP contribution in [0.4, 0.5) is 10.5 Å². The number of carbonyl (C=O) groups excluding carboxylic acids is 3. The van der Waals surface area contributed by atoms with Crippen molar-refractivity contribution in [1.82, 2.24) is 15.1 Å². The number of hydrogen-bond donors (Lipinski definition) is 1. The highest BCUT2D eigenvalue weighted by atomic mass is 16.5. The number of hydrogen-bond acceptors (Lipinski definition) is 6. The Kier molecular flexibility index (Phi) is 6.31. The van der Waals surface area contributed by atoms with Gasteiger partial charge in [0.05, 0.1) is 23.9 Å². The van der Waals surface area contributed by atoms with E-state index in [1.54, 1.807) is 11.0 Å². The Morgan fingerprint density at radius 3 is 2.49 bits per heavy atom. The lowest BCUT2D eigenvalue weighted by Crippen LogP contribution is -2.54. The van der Waals surface area contributed by atoms with Gasteiger partial charge in [-0.2, -0.15) is 0 Å². The fourth-order valence-corrected chi connectivity index (χ4v) is 4.81. The van der Waals surface area contributed by atoms with Crippen LogP contribution in [-0.4, -0.2) is 73.6 Å². The third-order valence-electron chi connectivity index (χ3n) is 6.58. The first kappa shape index (κ1) is 22.8. The Balaban J connectivity index is 1.32. The molecular formula is C26H28N4O5. The van der Waals surface area contributed by atoms with Gasteiger partial charge >= 0.3 is 12.0 Å². The summed E-state index contributed by atoms with van der Waals surface area (Å²) in [6.07, 6.45) is 0. The Hall–Kier alpha value is -4.01. The molecule has 1 saturated heterocycles. The first-order valence-electron chi connectivity index (χ1n) is 11.8. The van der Waals surface area contributed by atoms with Crippen LogP contribution in [0, 0.1) is 0 Å². The highest BCUT2D eigenvalue weighted by Crippen LogP contribution is 2.38. The van der Waals surface area contributed by atoms with Gasteiger partial charge in [-0.05, 0) is 25.1 Å². The van der Waals surface area contributed by atoms with E-state index in [1.807, 2.05) is 43.3 Å². The summed E-state index contributed by atoms with van der Waals surface area (Å²) in [6, 6.07) is 16.2. The highest BCUT2D eigenvalue weighted by molar-refractivity contribution is 5.98. The van der Waals surface area contributed by atoms with Crippen molar-refractivity contribution in [1.29, 1.82) is 0 Å². The zero-order chi connectivity index (χ0) is 24.4. The molecule has 5 rings (SSSR count). The van der Waals surface area contributed by atoms with Gasteiger partial charge in [-0.25, -0.2) is 9.59 Å². The maximum Gasteiger partial charge on any atom is 0.338 e. The zero-order valence-corrected chi connectivity index (χ0v) is 19.6. The lowest BCUT2D eigenvalue weighted by atomic mass is 9.95. The number of rotatable bonds is 6. The molecule has 0 radical (unpaired) electrons. The SMILES string of the molecule is CCOc1ccccc1[C@H]1NC(=O)N(CC(=O)N2CCN(c3ccccc3)CC2)C2=C1C(=O)OC2. The summed E-state index contributed by atoms with van der Waals surface area (Å²) < 4.78 is 11.0. The normalized spacial score (nSPS) is 19.9. The fraction of sp³-hybridized carbons (Fsp3) is 0.346. The number of nitrogens with zero attached hydrogens (tertiary/aromatic N) is 3.